The molecule has 6 heteroatoms. The quantitative estimate of drug-likeness (QED) is 0.610. The van der Waals surface area contributed by atoms with Gasteiger partial charge in [-0.3, -0.25) is 14.8 Å². The third kappa shape index (κ3) is 2.79. The van der Waals surface area contributed by atoms with Crippen molar-refractivity contribution >= 4 is 27.9 Å². The van der Waals surface area contributed by atoms with Gasteiger partial charge in [-0.05, 0) is 54.8 Å². The monoisotopic (exact) mass is 349 g/mol. The van der Waals surface area contributed by atoms with E-state index in [9.17, 15) is 14.3 Å². The van der Waals surface area contributed by atoms with Gasteiger partial charge in [0.15, 0.2) is 0 Å². The molecule has 0 saturated carbocycles. The molecule has 0 atom stereocenters. The molecule has 0 amide bonds. The van der Waals surface area contributed by atoms with Crippen molar-refractivity contribution in [2.75, 3.05) is 0 Å². The number of rotatable bonds is 4. The van der Waals surface area contributed by atoms with Gasteiger partial charge in [0, 0.05) is 29.0 Å². The number of hydrogen-bond donors (Lipinski definition) is 1. The lowest BCUT2D eigenvalue weighted by atomic mass is 10.0. The van der Waals surface area contributed by atoms with Crippen molar-refractivity contribution in [3.8, 4) is 0 Å². The van der Waals surface area contributed by atoms with E-state index >= 15 is 0 Å². The Kier molecular flexibility index (Phi) is 3.88. The molecular formula is C20H16FN3O2. The Morgan fingerprint density at radius 3 is 2.65 bits per heavy atom. The summed E-state index contributed by atoms with van der Waals surface area (Å²) in [6.45, 7) is 1.72. The van der Waals surface area contributed by atoms with E-state index in [1.807, 2.05) is 25.1 Å². The van der Waals surface area contributed by atoms with E-state index in [4.69, 9.17) is 0 Å². The Bertz CT molecular complexity index is 1150. The molecule has 4 rings (SSSR count). The first-order valence-corrected chi connectivity index (χ1v) is 8.21. The van der Waals surface area contributed by atoms with Crippen LogP contribution in [0, 0.1) is 12.7 Å². The van der Waals surface area contributed by atoms with Crippen molar-refractivity contribution in [1.29, 1.82) is 0 Å². The molecule has 130 valence electrons. The molecule has 4 aromatic rings. The Morgan fingerprint density at radius 2 is 1.88 bits per heavy atom. The molecular weight excluding hydrogens is 333 g/mol. The number of hydrogen-bond acceptors (Lipinski definition) is 3. The zero-order valence-electron chi connectivity index (χ0n) is 14.1. The van der Waals surface area contributed by atoms with Gasteiger partial charge in [-0.1, -0.05) is 6.07 Å². The molecule has 0 aliphatic rings. The zero-order valence-corrected chi connectivity index (χ0v) is 14.1. The number of halogens is 1. The van der Waals surface area contributed by atoms with Gasteiger partial charge < -0.3 is 9.67 Å². The number of carboxylic acid groups (broad SMARTS) is 1. The van der Waals surface area contributed by atoms with Crippen molar-refractivity contribution in [3.05, 3.63) is 71.4 Å². The lowest BCUT2D eigenvalue weighted by molar-refractivity contribution is -0.137. The van der Waals surface area contributed by atoms with Crippen LogP contribution in [0.1, 0.15) is 16.8 Å². The number of nitrogens with zero attached hydrogens (tertiary/aromatic N) is 3. The van der Waals surface area contributed by atoms with Crippen LogP contribution in [-0.4, -0.2) is 25.6 Å². The lowest BCUT2D eigenvalue weighted by Crippen LogP contribution is -2.10. The minimum Gasteiger partial charge on any atom is -0.480 e. The highest BCUT2D eigenvalue weighted by atomic mass is 19.1. The molecule has 0 aliphatic carbocycles. The maximum atomic E-state index is 13.8. The summed E-state index contributed by atoms with van der Waals surface area (Å²) in [5.74, 6) is -1.27. The fourth-order valence-electron chi connectivity index (χ4n) is 3.41. The highest BCUT2D eigenvalue weighted by molar-refractivity contribution is 5.87. The first-order valence-electron chi connectivity index (χ1n) is 8.21. The Morgan fingerprint density at radius 1 is 1.12 bits per heavy atom. The molecule has 2 heterocycles. The van der Waals surface area contributed by atoms with Crippen LogP contribution in [0.4, 0.5) is 4.39 Å². The van der Waals surface area contributed by atoms with E-state index in [-0.39, 0.29) is 12.4 Å². The second kappa shape index (κ2) is 6.22. The molecule has 0 radical (unpaired) electrons. The second-order valence-electron chi connectivity index (χ2n) is 6.26. The van der Waals surface area contributed by atoms with Gasteiger partial charge in [-0.15, -0.1) is 0 Å². The van der Waals surface area contributed by atoms with E-state index in [0.29, 0.717) is 6.42 Å². The third-order valence-electron chi connectivity index (χ3n) is 4.62. The average Bonchev–Trinajstić information content (AvgIpc) is 2.86. The number of aromatic nitrogens is 3. The molecule has 0 fully saturated rings. The van der Waals surface area contributed by atoms with E-state index in [0.717, 1.165) is 38.8 Å². The van der Waals surface area contributed by atoms with Crippen LogP contribution >= 0.6 is 0 Å². The summed E-state index contributed by atoms with van der Waals surface area (Å²) in [5, 5.41) is 9.95. The maximum absolute atomic E-state index is 13.8. The zero-order chi connectivity index (χ0) is 18.3. The summed E-state index contributed by atoms with van der Waals surface area (Å²) < 4.78 is 15.5. The normalized spacial score (nSPS) is 11.3. The highest BCUT2D eigenvalue weighted by Gasteiger charge is 2.17. The number of fused-ring (bicyclic) bond motifs is 2. The smallest absolute Gasteiger partial charge is 0.323 e. The van der Waals surface area contributed by atoms with Crippen LogP contribution in [0.25, 0.3) is 21.9 Å². The third-order valence-corrected chi connectivity index (χ3v) is 4.62. The molecule has 0 saturated heterocycles. The number of carboxylic acids is 1. The molecule has 2 aromatic carbocycles. The fraction of sp³-hybridized carbons (Fsp3) is 0.150. The molecule has 0 unspecified atom stereocenters. The highest BCUT2D eigenvalue weighted by Crippen LogP contribution is 2.29. The van der Waals surface area contributed by atoms with Gasteiger partial charge in [0.2, 0.25) is 0 Å². The van der Waals surface area contributed by atoms with Crippen molar-refractivity contribution in [1.82, 2.24) is 14.5 Å². The lowest BCUT2D eigenvalue weighted by Gasteiger charge is -2.06. The predicted molar refractivity (Wildman–Crippen MR) is 96.6 cm³/mol. The summed E-state index contributed by atoms with van der Waals surface area (Å²) in [4.78, 5) is 19.8. The minimum absolute atomic E-state index is 0.156. The first kappa shape index (κ1) is 16.2. The fourth-order valence-corrected chi connectivity index (χ4v) is 3.41. The number of carbonyl (C=O) groups is 1. The van der Waals surface area contributed by atoms with Gasteiger partial charge in [0.1, 0.15) is 12.4 Å². The summed E-state index contributed by atoms with van der Waals surface area (Å²) in [7, 11) is 0. The van der Waals surface area contributed by atoms with E-state index in [1.54, 1.807) is 23.0 Å². The molecule has 0 spiro atoms. The van der Waals surface area contributed by atoms with Crippen LogP contribution in [-0.2, 0) is 17.8 Å². The Balaban J connectivity index is 1.85. The van der Waals surface area contributed by atoms with Crippen LogP contribution in [0.5, 0.6) is 0 Å². The Labute approximate surface area is 148 Å². The molecule has 2 aromatic heterocycles. The summed E-state index contributed by atoms with van der Waals surface area (Å²) >= 11 is 0. The molecule has 26 heavy (non-hydrogen) atoms. The van der Waals surface area contributed by atoms with Crippen LogP contribution in [0.15, 0.2) is 48.8 Å². The van der Waals surface area contributed by atoms with Gasteiger partial charge in [0.05, 0.1) is 11.0 Å². The molecule has 5 nitrogen and oxygen atoms in total. The summed E-state index contributed by atoms with van der Waals surface area (Å²) in [6, 6.07) is 10.3. The minimum atomic E-state index is -0.929. The van der Waals surface area contributed by atoms with Crippen LogP contribution in [0.3, 0.4) is 0 Å². The SMILES string of the molecule is Cc1c(Cc2ccc3nccnc3c2)c2cc(F)ccc2n1CC(=O)O. The van der Waals surface area contributed by atoms with Crippen LogP contribution < -0.4 is 0 Å². The van der Waals surface area contributed by atoms with Crippen molar-refractivity contribution < 1.29 is 14.3 Å². The van der Waals surface area contributed by atoms with Gasteiger partial charge in [-0.25, -0.2) is 4.39 Å². The van der Waals surface area contributed by atoms with Crippen molar-refractivity contribution in [2.45, 2.75) is 19.9 Å². The van der Waals surface area contributed by atoms with E-state index in [1.165, 1.54) is 12.1 Å². The maximum Gasteiger partial charge on any atom is 0.323 e. The Hall–Kier alpha value is -3.28. The van der Waals surface area contributed by atoms with Crippen molar-refractivity contribution in [3.63, 3.8) is 0 Å². The predicted octanol–water partition coefficient (Wildman–Crippen LogP) is 3.71. The first-order chi connectivity index (χ1) is 12.5. The topological polar surface area (TPSA) is 68.0 Å². The van der Waals surface area contributed by atoms with Gasteiger partial charge in [-0.2, -0.15) is 0 Å². The number of benzene rings is 2. The van der Waals surface area contributed by atoms with E-state index < -0.39 is 5.97 Å². The molecule has 0 bridgehead atoms. The largest absolute Gasteiger partial charge is 0.480 e. The van der Waals surface area contributed by atoms with Gasteiger partial charge in [0.25, 0.3) is 0 Å². The average molecular weight is 349 g/mol. The molecule has 0 aliphatic heterocycles. The summed E-state index contributed by atoms with van der Waals surface area (Å²) in [5.41, 5.74) is 5.09. The van der Waals surface area contributed by atoms with Gasteiger partial charge >= 0.3 is 5.97 Å². The number of aliphatic carboxylic acids is 1. The van der Waals surface area contributed by atoms with Crippen LogP contribution in [0.2, 0.25) is 0 Å². The standard InChI is InChI=1S/C20H16FN3O2/c1-12-15(8-13-2-4-17-18(9-13)23-7-6-22-17)16-10-14(21)3-5-19(16)24(12)11-20(25)26/h2-7,9-10H,8,11H2,1H3,(H,25,26). The summed E-state index contributed by atoms with van der Waals surface area (Å²) in [6.07, 6.45) is 3.85. The van der Waals surface area contributed by atoms with E-state index in [2.05, 4.69) is 9.97 Å². The molecule has 1 N–H and O–H groups in total. The second-order valence-corrected chi connectivity index (χ2v) is 6.26. The van der Waals surface area contributed by atoms with Crippen molar-refractivity contribution in [2.24, 2.45) is 0 Å².